The zero-order valence-corrected chi connectivity index (χ0v) is 18.3. The summed E-state index contributed by atoms with van der Waals surface area (Å²) in [6.07, 6.45) is 8.23. The van der Waals surface area contributed by atoms with E-state index in [-0.39, 0.29) is 29.7 Å². The van der Waals surface area contributed by atoms with Crippen LogP contribution in [0.2, 0.25) is 0 Å². The van der Waals surface area contributed by atoms with Gasteiger partial charge in [-0.15, -0.1) is 5.10 Å². The number of carbonyl (C=O) groups excluding carboxylic acids is 1. The molecule has 172 valence electrons. The highest BCUT2D eigenvalue weighted by atomic mass is 19.1. The zero-order chi connectivity index (χ0) is 22.6. The van der Waals surface area contributed by atoms with Crippen molar-refractivity contribution < 1.29 is 18.0 Å². The lowest BCUT2D eigenvalue weighted by Crippen LogP contribution is -2.61. The third-order valence-electron chi connectivity index (χ3n) is 7.76. The number of furan rings is 1. The molecule has 4 aliphatic carbocycles. The Morgan fingerprint density at radius 1 is 1.09 bits per heavy atom. The van der Waals surface area contributed by atoms with Gasteiger partial charge < -0.3 is 13.7 Å². The van der Waals surface area contributed by atoms with Crippen molar-refractivity contribution >= 4 is 5.91 Å². The van der Waals surface area contributed by atoms with Crippen LogP contribution in [0.5, 0.6) is 0 Å². The molecular formula is C25H26FN3O4. The van der Waals surface area contributed by atoms with Gasteiger partial charge in [-0.1, -0.05) is 12.1 Å². The Bertz CT molecular complexity index is 1180. The summed E-state index contributed by atoms with van der Waals surface area (Å²) in [5.74, 6) is 1.19. The van der Waals surface area contributed by atoms with E-state index in [0.29, 0.717) is 30.1 Å². The van der Waals surface area contributed by atoms with Crippen LogP contribution >= 0.6 is 0 Å². The maximum atomic E-state index is 13.7. The van der Waals surface area contributed by atoms with E-state index in [1.807, 2.05) is 4.90 Å². The monoisotopic (exact) mass is 451 g/mol. The molecule has 4 aliphatic rings. The topological polar surface area (TPSA) is 81.5 Å². The van der Waals surface area contributed by atoms with Crippen LogP contribution < -0.4 is 5.76 Å². The van der Waals surface area contributed by atoms with Crippen LogP contribution in [0, 0.1) is 23.6 Å². The molecule has 0 aliphatic heterocycles. The number of hydrogen-bond acceptors (Lipinski definition) is 5. The molecule has 7 rings (SSSR count). The summed E-state index contributed by atoms with van der Waals surface area (Å²) in [6, 6.07) is 9.64. The van der Waals surface area contributed by atoms with Crippen LogP contribution in [0.15, 0.2) is 56.3 Å². The molecule has 7 nitrogen and oxygen atoms in total. The minimum atomic E-state index is -0.693. The van der Waals surface area contributed by atoms with Gasteiger partial charge in [0, 0.05) is 12.1 Å². The first kappa shape index (κ1) is 20.4. The Kier molecular flexibility index (Phi) is 4.78. The highest BCUT2D eigenvalue weighted by molar-refractivity contribution is 5.77. The normalized spacial score (nSPS) is 27.7. The maximum Gasteiger partial charge on any atom is 0.437 e. The Labute approximate surface area is 190 Å². The molecule has 4 bridgehead atoms. The summed E-state index contributed by atoms with van der Waals surface area (Å²) < 4.78 is 25.0. The largest absolute Gasteiger partial charge is 0.459 e. The quantitative estimate of drug-likeness (QED) is 0.560. The fourth-order valence-electron chi connectivity index (χ4n) is 6.81. The van der Waals surface area contributed by atoms with Gasteiger partial charge in [0.05, 0.1) is 6.26 Å². The molecule has 4 fully saturated rings. The SMILES string of the molecule is O=C(Cn1nc(-c2ccco2)oc1=O)N(Cc1ccc(F)cc1)C12CC3CC(CC(C3)C1)C2. The number of halogens is 1. The van der Waals surface area contributed by atoms with E-state index in [1.165, 1.54) is 37.7 Å². The maximum absolute atomic E-state index is 13.7. The molecular weight excluding hydrogens is 425 g/mol. The van der Waals surface area contributed by atoms with E-state index in [2.05, 4.69) is 5.10 Å². The lowest BCUT2D eigenvalue weighted by Gasteiger charge is -2.60. The number of benzene rings is 1. The smallest absolute Gasteiger partial charge is 0.437 e. The van der Waals surface area contributed by atoms with Crippen molar-refractivity contribution in [2.45, 2.75) is 57.2 Å². The molecule has 0 radical (unpaired) electrons. The first-order valence-electron chi connectivity index (χ1n) is 11.6. The van der Waals surface area contributed by atoms with Crippen molar-refractivity contribution in [3.8, 4) is 11.7 Å². The number of carbonyl (C=O) groups is 1. The second kappa shape index (κ2) is 7.71. The summed E-state index contributed by atoms with van der Waals surface area (Å²) in [4.78, 5) is 28.1. The molecule has 2 aromatic heterocycles. The third kappa shape index (κ3) is 3.71. The van der Waals surface area contributed by atoms with Crippen molar-refractivity contribution in [1.29, 1.82) is 0 Å². The second-order valence-corrected chi connectivity index (χ2v) is 10.1. The molecule has 0 spiro atoms. The standard InChI is InChI=1S/C25H26FN3O4/c26-20-5-3-16(4-6-20)14-28(25-11-17-8-18(12-25)10-19(9-17)13-25)22(30)15-29-24(31)33-23(27-29)21-2-1-7-32-21/h1-7,17-19H,8-15H2. The van der Waals surface area contributed by atoms with E-state index in [4.69, 9.17) is 8.83 Å². The molecule has 0 unspecified atom stereocenters. The minimum Gasteiger partial charge on any atom is -0.459 e. The number of amides is 1. The van der Waals surface area contributed by atoms with Gasteiger partial charge in [-0.2, -0.15) is 4.68 Å². The summed E-state index contributed by atoms with van der Waals surface area (Å²) in [5.41, 5.74) is 0.668. The fraction of sp³-hybridized carbons (Fsp3) is 0.480. The number of nitrogens with zero attached hydrogens (tertiary/aromatic N) is 3. The van der Waals surface area contributed by atoms with Crippen molar-refractivity contribution in [1.82, 2.24) is 14.7 Å². The van der Waals surface area contributed by atoms with Gasteiger partial charge in [0.25, 0.3) is 5.89 Å². The Morgan fingerprint density at radius 2 is 1.76 bits per heavy atom. The molecule has 4 saturated carbocycles. The second-order valence-electron chi connectivity index (χ2n) is 10.1. The van der Waals surface area contributed by atoms with Crippen LogP contribution in [-0.4, -0.2) is 26.1 Å². The van der Waals surface area contributed by atoms with Gasteiger partial charge in [0.15, 0.2) is 5.76 Å². The lowest BCUT2D eigenvalue weighted by molar-refractivity contribution is -0.153. The zero-order valence-electron chi connectivity index (χ0n) is 18.3. The van der Waals surface area contributed by atoms with E-state index < -0.39 is 5.76 Å². The molecule has 8 heteroatoms. The highest BCUT2D eigenvalue weighted by Crippen LogP contribution is 2.58. The Morgan fingerprint density at radius 3 is 2.36 bits per heavy atom. The number of rotatable bonds is 6. The minimum absolute atomic E-state index is 0.0534. The molecule has 0 N–H and O–H groups in total. The number of hydrogen-bond donors (Lipinski definition) is 0. The molecule has 1 amide bonds. The van der Waals surface area contributed by atoms with Crippen molar-refractivity contribution in [3.63, 3.8) is 0 Å². The van der Waals surface area contributed by atoms with Gasteiger partial charge in [-0.25, -0.2) is 9.18 Å². The Hall–Kier alpha value is -3.16. The summed E-state index contributed by atoms with van der Waals surface area (Å²) in [5, 5.41) is 4.19. The predicted octanol–water partition coefficient (Wildman–Crippen LogP) is 4.23. The van der Waals surface area contributed by atoms with Crippen molar-refractivity contribution in [3.05, 3.63) is 64.6 Å². The molecule has 33 heavy (non-hydrogen) atoms. The number of aromatic nitrogens is 2. The molecule has 0 atom stereocenters. The summed E-state index contributed by atoms with van der Waals surface area (Å²) in [7, 11) is 0. The van der Waals surface area contributed by atoms with Crippen molar-refractivity contribution in [2.75, 3.05) is 0 Å². The van der Waals surface area contributed by atoms with E-state index >= 15 is 0 Å². The van der Waals surface area contributed by atoms with Crippen LogP contribution in [0.4, 0.5) is 4.39 Å². The van der Waals surface area contributed by atoms with Crippen LogP contribution in [0.25, 0.3) is 11.7 Å². The molecule has 3 aromatic rings. The third-order valence-corrected chi connectivity index (χ3v) is 7.76. The molecule has 2 heterocycles. The van der Waals surface area contributed by atoms with E-state index in [0.717, 1.165) is 29.5 Å². The van der Waals surface area contributed by atoms with Gasteiger partial charge in [-0.3, -0.25) is 4.79 Å². The van der Waals surface area contributed by atoms with Gasteiger partial charge in [0.1, 0.15) is 12.4 Å². The highest BCUT2D eigenvalue weighted by Gasteiger charge is 2.54. The molecule has 1 aromatic carbocycles. The lowest BCUT2D eigenvalue weighted by atomic mass is 9.52. The first-order valence-corrected chi connectivity index (χ1v) is 11.6. The van der Waals surface area contributed by atoms with Crippen LogP contribution in [0.1, 0.15) is 44.1 Å². The fourth-order valence-corrected chi connectivity index (χ4v) is 6.81. The predicted molar refractivity (Wildman–Crippen MR) is 116 cm³/mol. The van der Waals surface area contributed by atoms with Crippen molar-refractivity contribution in [2.24, 2.45) is 17.8 Å². The average molecular weight is 451 g/mol. The molecule has 0 saturated heterocycles. The van der Waals surface area contributed by atoms with Crippen LogP contribution in [0.3, 0.4) is 0 Å². The van der Waals surface area contributed by atoms with Gasteiger partial charge >= 0.3 is 5.76 Å². The first-order chi connectivity index (χ1) is 16.0. The summed E-state index contributed by atoms with van der Waals surface area (Å²) in [6.45, 7) is 0.189. The van der Waals surface area contributed by atoms with Crippen LogP contribution in [-0.2, 0) is 17.9 Å². The van der Waals surface area contributed by atoms with E-state index in [1.54, 1.807) is 24.3 Å². The van der Waals surface area contributed by atoms with Gasteiger partial charge in [0.2, 0.25) is 5.91 Å². The average Bonchev–Trinajstić information content (AvgIpc) is 3.42. The Balaban J connectivity index is 1.31. The van der Waals surface area contributed by atoms with Gasteiger partial charge in [-0.05, 0) is 86.1 Å². The van der Waals surface area contributed by atoms with E-state index in [9.17, 15) is 14.0 Å². The summed E-state index contributed by atoms with van der Waals surface area (Å²) >= 11 is 0.